The number of fused-ring (bicyclic) bond motifs is 1. The normalized spacial score (nSPS) is 11.3. The molecule has 0 aliphatic carbocycles. The highest BCUT2D eigenvalue weighted by Gasteiger charge is 2.04. The molecule has 98 valence electrons. The highest BCUT2D eigenvalue weighted by Crippen LogP contribution is 2.13. The molecule has 2 aromatic heterocycles. The number of hydrogen-bond acceptors (Lipinski definition) is 5. The monoisotopic (exact) mass is 249 g/mol. The van der Waals surface area contributed by atoms with Crippen LogP contribution in [0.2, 0.25) is 0 Å². The average Bonchev–Trinajstić information content (AvgIpc) is 2.82. The lowest BCUT2D eigenvalue weighted by Crippen LogP contribution is -2.09. The van der Waals surface area contributed by atoms with Crippen LogP contribution in [0.25, 0.3) is 11.2 Å². The van der Waals surface area contributed by atoms with Crippen molar-refractivity contribution in [1.82, 2.24) is 19.9 Å². The zero-order valence-electron chi connectivity index (χ0n) is 10.8. The molecule has 0 amide bonds. The molecule has 0 unspecified atom stereocenters. The Morgan fingerprint density at radius 2 is 2.22 bits per heavy atom. The molecular formula is C12H19N5O. The number of nitrogens with one attached hydrogen (secondary N) is 2. The highest BCUT2D eigenvalue weighted by molar-refractivity contribution is 5.81. The van der Waals surface area contributed by atoms with Gasteiger partial charge in [0.2, 0.25) is 0 Å². The van der Waals surface area contributed by atoms with E-state index in [9.17, 15) is 0 Å². The van der Waals surface area contributed by atoms with E-state index in [0.29, 0.717) is 11.6 Å². The minimum atomic E-state index is 0.587. The van der Waals surface area contributed by atoms with Gasteiger partial charge >= 0.3 is 0 Å². The SMILES string of the molecule is CC(C)COCCCNc1ncnc2nc[nH]c12. The van der Waals surface area contributed by atoms with E-state index in [2.05, 4.69) is 39.1 Å². The van der Waals surface area contributed by atoms with Gasteiger partial charge in [0.1, 0.15) is 11.8 Å². The third-order valence-corrected chi connectivity index (χ3v) is 2.43. The molecule has 0 aromatic carbocycles. The molecule has 0 fully saturated rings. The second kappa shape index (κ2) is 6.30. The molecule has 2 N–H and O–H groups in total. The number of aromatic amines is 1. The van der Waals surface area contributed by atoms with Crippen molar-refractivity contribution < 1.29 is 4.74 Å². The molecule has 0 aliphatic rings. The highest BCUT2D eigenvalue weighted by atomic mass is 16.5. The van der Waals surface area contributed by atoms with Crippen LogP contribution in [-0.2, 0) is 4.74 Å². The Morgan fingerprint density at radius 1 is 1.33 bits per heavy atom. The Morgan fingerprint density at radius 3 is 3.06 bits per heavy atom. The van der Waals surface area contributed by atoms with Crippen LogP contribution < -0.4 is 5.32 Å². The van der Waals surface area contributed by atoms with Gasteiger partial charge in [0.25, 0.3) is 0 Å². The van der Waals surface area contributed by atoms with Gasteiger partial charge in [0.15, 0.2) is 11.5 Å². The Bertz CT molecular complexity index is 482. The lowest BCUT2D eigenvalue weighted by atomic mass is 10.2. The summed E-state index contributed by atoms with van der Waals surface area (Å²) < 4.78 is 5.51. The van der Waals surface area contributed by atoms with Crippen LogP contribution in [-0.4, -0.2) is 39.7 Å². The zero-order valence-corrected chi connectivity index (χ0v) is 10.8. The number of nitrogens with zero attached hydrogens (tertiary/aromatic N) is 3. The lowest BCUT2D eigenvalue weighted by Gasteiger charge is -2.08. The predicted molar refractivity (Wildman–Crippen MR) is 70.4 cm³/mol. The summed E-state index contributed by atoms with van der Waals surface area (Å²) in [7, 11) is 0. The fourth-order valence-corrected chi connectivity index (χ4v) is 1.60. The molecule has 2 aromatic rings. The average molecular weight is 249 g/mol. The molecule has 0 radical (unpaired) electrons. The first-order valence-corrected chi connectivity index (χ1v) is 6.23. The predicted octanol–water partition coefficient (Wildman–Crippen LogP) is 1.83. The maximum absolute atomic E-state index is 5.51. The summed E-state index contributed by atoms with van der Waals surface area (Å²) in [5, 5.41) is 3.26. The molecule has 18 heavy (non-hydrogen) atoms. The van der Waals surface area contributed by atoms with Crippen LogP contribution in [0.3, 0.4) is 0 Å². The van der Waals surface area contributed by atoms with Crippen molar-refractivity contribution in [2.45, 2.75) is 20.3 Å². The van der Waals surface area contributed by atoms with Gasteiger partial charge in [-0.15, -0.1) is 0 Å². The van der Waals surface area contributed by atoms with E-state index in [1.165, 1.54) is 6.33 Å². The molecule has 6 heteroatoms. The number of imidazole rings is 1. The van der Waals surface area contributed by atoms with Crippen LogP contribution in [0.1, 0.15) is 20.3 Å². The minimum Gasteiger partial charge on any atom is -0.381 e. The van der Waals surface area contributed by atoms with Gasteiger partial charge in [-0.05, 0) is 12.3 Å². The Balaban J connectivity index is 1.75. The lowest BCUT2D eigenvalue weighted by molar-refractivity contribution is 0.110. The second-order valence-corrected chi connectivity index (χ2v) is 4.57. The van der Waals surface area contributed by atoms with E-state index in [1.807, 2.05) is 0 Å². The number of aromatic nitrogens is 4. The molecule has 2 rings (SSSR count). The van der Waals surface area contributed by atoms with Crippen molar-refractivity contribution in [1.29, 1.82) is 0 Å². The Kier molecular flexibility index (Phi) is 4.46. The van der Waals surface area contributed by atoms with Crippen molar-refractivity contribution in [3.63, 3.8) is 0 Å². The molecule has 0 saturated carbocycles. The molecule has 0 atom stereocenters. The summed E-state index contributed by atoms with van der Waals surface area (Å²) in [6.45, 7) is 6.70. The van der Waals surface area contributed by atoms with Crippen LogP contribution in [0, 0.1) is 5.92 Å². The first-order valence-electron chi connectivity index (χ1n) is 6.23. The fourth-order valence-electron chi connectivity index (χ4n) is 1.60. The maximum Gasteiger partial charge on any atom is 0.182 e. The van der Waals surface area contributed by atoms with Gasteiger partial charge in [-0.2, -0.15) is 0 Å². The molecule has 0 saturated heterocycles. The molecule has 6 nitrogen and oxygen atoms in total. The van der Waals surface area contributed by atoms with Crippen LogP contribution in [0.4, 0.5) is 5.82 Å². The molecule has 2 heterocycles. The van der Waals surface area contributed by atoms with E-state index in [0.717, 1.165) is 37.5 Å². The maximum atomic E-state index is 5.51. The zero-order chi connectivity index (χ0) is 12.8. The van der Waals surface area contributed by atoms with E-state index in [4.69, 9.17) is 4.74 Å². The topological polar surface area (TPSA) is 75.7 Å². The third kappa shape index (κ3) is 3.40. The van der Waals surface area contributed by atoms with Gasteiger partial charge in [0.05, 0.1) is 6.33 Å². The molecular weight excluding hydrogens is 230 g/mol. The van der Waals surface area contributed by atoms with Crippen molar-refractivity contribution >= 4 is 17.0 Å². The van der Waals surface area contributed by atoms with Crippen LogP contribution >= 0.6 is 0 Å². The van der Waals surface area contributed by atoms with Crippen molar-refractivity contribution in [2.75, 3.05) is 25.1 Å². The number of ether oxygens (including phenoxy) is 1. The fraction of sp³-hybridized carbons (Fsp3) is 0.583. The quantitative estimate of drug-likeness (QED) is 0.732. The van der Waals surface area contributed by atoms with Gasteiger partial charge in [-0.3, -0.25) is 0 Å². The van der Waals surface area contributed by atoms with Gasteiger partial charge in [-0.1, -0.05) is 13.8 Å². The standard InChI is InChI=1S/C12H19N5O/c1-9(2)6-18-5-3-4-13-11-10-12(15-7-14-10)17-8-16-11/h7-9H,3-6H2,1-2H3,(H2,13,14,15,16,17). The van der Waals surface area contributed by atoms with Crippen molar-refractivity contribution in [2.24, 2.45) is 5.92 Å². The minimum absolute atomic E-state index is 0.587. The van der Waals surface area contributed by atoms with E-state index < -0.39 is 0 Å². The summed E-state index contributed by atoms with van der Waals surface area (Å²) in [5.41, 5.74) is 1.53. The number of hydrogen-bond donors (Lipinski definition) is 2. The molecule has 0 aliphatic heterocycles. The number of anilines is 1. The van der Waals surface area contributed by atoms with E-state index in [-0.39, 0.29) is 0 Å². The Hall–Kier alpha value is -1.69. The van der Waals surface area contributed by atoms with Gasteiger partial charge < -0.3 is 15.0 Å². The summed E-state index contributed by atoms with van der Waals surface area (Å²) in [5.74, 6) is 1.38. The van der Waals surface area contributed by atoms with Crippen molar-refractivity contribution in [3.05, 3.63) is 12.7 Å². The van der Waals surface area contributed by atoms with Crippen molar-refractivity contribution in [3.8, 4) is 0 Å². The summed E-state index contributed by atoms with van der Waals surface area (Å²) in [4.78, 5) is 15.4. The number of H-pyrrole nitrogens is 1. The molecule has 0 bridgehead atoms. The smallest absolute Gasteiger partial charge is 0.182 e. The van der Waals surface area contributed by atoms with Crippen LogP contribution in [0.5, 0.6) is 0 Å². The first-order chi connectivity index (χ1) is 8.77. The van der Waals surface area contributed by atoms with Gasteiger partial charge in [0, 0.05) is 19.8 Å². The second-order valence-electron chi connectivity index (χ2n) is 4.57. The Labute approximate surface area is 106 Å². The number of rotatable bonds is 7. The summed E-state index contributed by atoms with van der Waals surface area (Å²) in [6, 6.07) is 0. The van der Waals surface area contributed by atoms with Crippen LogP contribution in [0.15, 0.2) is 12.7 Å². The van der Waals surface area contributed by atoms with Gasteiger partial charge in [-0.25, -0.2) is 15.0 Å². The summed E-state index contributed by atoms with van der Waals surface area (Å²) >= 11 is 0. The third-order valence-electron chi connectivity index (χ3n) is 2.43. The van der Waals surface area contributed by atoms with E-state index >= 15 is 0 Å². The summed E-state index contributed by atoms with van der Waals surface area (Å²) in [6.07, 6.45) is 4.09. The van der Waals surface area contributed by atoms with E-state index in [1.54, 1.807) is 6.33 Å². The molecule has 0 spiro atoms. The largest absolute Gasteiger partial charge is 0.381 e. The first kappa shape index (κ1) is 12.8.